The monoisotopic (exact) mass is 344 g/mol. The lowest BCUT2D eigenvalue weighted by Gasteiger charge is -2.29. The van der Waals surface area contributed by atoms with Crippen molar-refractivity contribution in [2.24, 2.45) is 0 Å². The number of hydrogen-bond donors (Lipinski definition) is 2. The smallest absolute Gasteiger partial charge is 0.318 e. The minimum absolute atomic E-state index is 0.205. The van der Waals surface area contributed by atoms with E-state index in [1.54, 1.807) is 17.6 Å². The van der Waals surface area contributed by atoms with Crippen LogP contribution < -0.4 is 10.6 Å². The van der Waals surface area contributed by atoms with Crippen molar-refractivity contribution < 1.29 is 27.6 Å². The van der Waals surface area contributed by atoms with Crippen LogP contribution in [0.4, 0.5) is 18.0 Å². The fourth-order valence-electron chi connectivity index (χ4n) is 2.24. The molecule has 4 amide bonds. The predicted molar refractivity (Wildman–Crippen MR) is 75.2 cm³/mol. The highest BCUT2D eigenvalue weighted by Gasteiger charge is 2.68. The van der Waals surface area contributed by atoms with E-state index in [9.17, 15) is 27.6 Å². The lowest BCUT2D eigenvalue weighted by atomic mass is 10.1. The van der Waals surface area contributed by atoms with Crippen LogP contribution in [0.1, 0.15) is 25.3 Å². The van der Waals surface area contributed by atoms with Crippen LogP contribution in [-0.2, 0) is 16.1 Å². The highest BCUT2D eigenvalue weighted by Crippen LogP contribution is 2.34. The number of aromatic nitrogens is 1. The van der Waals surface area contributed by atoms with Gasteiger partial charge in [0.25, 0.3) is 11.6 Å². The van der Waals surface area contributed by atoms with E-state index in [0.717, 1.165) is 0 Å². The summed E-state index contributed by atoms with van der Waals surface area (Å²) >= 11 is 0. The summed E-state index contributed by atoms with van der Waals surface area (Å²) in [5.74, 6) is -2.56. The maximum Gasteiger partial charge on any atom is 0.440 e. The first-order chi connectivity index (χ1) is 11.2. The van der Waals surface area contributed by atoms with E-state index in [1.807, 2.05) is 0 Å². The van der Waals surface area contributed by atoms with Gasteiger partial charge in [-0.25, -0.2) is 4.79 Å². The Hall–Kier alpha value is -2.65. The second-order valence-electron chi connectivity index (χ2n) is 5.23. The van der Waals surface area contributed by atoms with E-state index < -0.39 is 29.7 Å². The van der Waals surface area contributed by atoms with Crippen LogP contribution >= 0.6 is 0 Å². The fraction of sp³-hybridized carbons (Fsp3) is 0.429. The zero-order chi connectivity index (χ0) is 18.0. The van der Waals surface area contributed by atoms with Crippen molar-refractivity contribution in [1.82, 2.24) is 20.5 Å². The molecular formula is C14H15F3N4O3. The maximum atomic E-state index is 13.5. The number of rotatable bonds is 5. The quantitative estimate of drug-likeness (QED) is 0.788. The van der Waals surface area contributed by atoms with Gasteiger partial charge in [-0.05, 0) is 18.1 Å². The fourth-order valence-corrected chi connectivity index (χ4v) is 2.24. The molecule has 24 heavy (non-hydrogen) atoms. The summed E-state index contributed by atoms with van der Waals surface area (Å²) in [4.78, 5) is 40.0. The van der Waals surface area contributed by atoms with Crippen molar-refractivity contribution in [3.8, 4) is 0 Å². The molecule has 1 aliphatic rings. The molecular weight excluding hydrogens is 329 g/mol. The van der Waals surface area contributed by atoms with Crippen molar-refractivity contribution in [3.63, 3.8) is 0 Å². The summed E-state index contributed by atoms with van der Waals surface area (Å²) in [5.41, 5.74) is -3.07. The van der Waals surface area contributed by atoms with Crippen LogP contribution in [0.2, 0.25) is 0 Å². The number of hydrogen-bond acceptors (Lipinski definition) is 4. The largest absolute Gasteiger partial charge is 0.440 e. The molecule has 1 aromatic heterocycles. The standard InChI is InChI=1S/C14H15F3N4O3/c1-2-4-10(22)19-13(14(15,16)17)11(23)21(12(24)20-13)8-9-5-3-6-18-7-9/h3,5-7H,2,4,8H2,1H3,(H,19,22)(H,20,24)/t13-/m0/s1. The molecule has 2 N–H and O–H groups in total. The van der Waals surface area contributed by atoms with Crippen molar-refractivity contribution in [1.29, 1.82) is 0 Å². The Morgan fingerprint density at radius 1 is 1.42 bits per heavy atom. The lowest BCUT2D eigenvalue weighted by molar-refractivity contribution is -0.204. The number of amides is 4. The van der Waals surface area contributed by atoms with Crippen LogP contribution in [0.15, 0.2) is 24.5 Å². The number of imide groups is 1. The average Bonchev–Trinajstić information content (AvgIpc) is 2.73. The number of carbonyl (C=O) groups excluding carboxylic acids is 3. The van der Waals surface area contributed by atoms with E-state index in [-0.39, 0.29) is 13.0 Å². The molecule has 7 nitrogen and oxygen atoms in total. The summed E-state index contributed by atoms with van der Waals surface area (Å²) in [6, 6.07) is 1.79. The van der Waals surface area contributed by atoms with Crippen molar-refractivity contribution in [2.75, 3.05) is 0 Å². The van der Waals surface area contributed by atoms with Gasteiger partial charge in [-0.3, -0.25) is 24.8 Å². The van der Waals surface area contributed by atoms with Crippen LogP contribution in [-0.4, -0.2) is 39.6 Å². The Morgan fingerprint density at radius 3 is 2.67 bits per heavy atom. The number of alkyl halides is 3. The number of nitrogens with zero attached hydrogens (tertiary/aromatic N) is 2. The molecule has 1 fully saturated rings. The molecule has 130 valence electrons. The normalized spacial score (nSPS) is 20.9. The predicted octanol–water partition coefficient (Wildman–Crippen LogP) is 1.31. The highest BCUT2D eigenvalue weighted by atomic mass is 19.4. The summed E-state index contributed by atoms with van der Waals surface area (Å²) in [5, 5.41) is 3.20. The first kappa shape index (κ1) is 17.7. The zero-order valence-corrected chi connectivity index (χ0v) is 12.7. The summed E-state index contributed by atoms with van der Waals surface area (Å²) in [6.45, 7) is 1.21. The third-order valence-corrected chi connectivity index (χ3v) is 3.40. The topological polar surface area (TPSA) is 91.4 Å². The Labute approximate surface area is 135 Å². The Bertz CT molecular complexity index is 650. The Kier molecular flexibility index (Phi) is 4.76. The van der Waals surface area contributed by atoms with Crippen molar-refractivity contribution >= 4 is 17.8 Å². The SMILES string of the molecule is CCCC(=O)N[C@]1(C(F)(F)F)NC(=O)N(Cc2cccnc2)C1=O. The van der Waals surface area contributed by atoms with Crippen molar-refractivity contribution in [2.45, 2.75) is 38.1 Å². The van der Waals surface area contributed by atoms with Crippen molar-refractivity contribution in [3.05, 3.63) is 30.1 Å². The van der Waals surface area contributed by atoms with Gasteiger partial charge in [-0.15, -0.1) is 0 Å². The van der Waals surface area contributed by atoms with E-state index in [2.05, 4.69) is 4.98 Å². The molecule has 0 aliphatic carbocycles. The van der Waals surface area contributed by atoms with E-state index in [0.29, 0.717) is 16.9 Å². The molecule has 0 radical (unpaired) electrons. The molecule has 0 spiro atoms. The highest BCUT2D eigenvalue weighted by molar-refractivity contribution is 6.08. The third-order valence-electron chi connectivity index (χ3n) is 3.40. The Balaban J connectivity index is 2.31. The molecule has 0 unspecified atom stereocenters. The first-order valence-corrected chi connectivity index (χ1v) is 7.12. The summed E-state index contributed by atoms with van der Waals surface area (Å²) < 4.78 is 40.4. The van der Waals surface area contributed by atoms with E-state index in [4.69, 9.17) is 0 Å². The minimum Gasteiger partial charge on any atom is -0.318 e. The summed E-state index contributed by atoms with van der Waals surface area (Å²) in [6.07, 6.45) is -2.33. The molecule has 1 atom stereocenters. The van der Waals surface area contributed by atoms with Gasteiger partial charge in [0.15, 0.2) is 0 Å². The van der Waals surface area contributed by atoms with Crippen LogP contribution in [0.25, 0.3) is 0 Å². The van der Waals surface area contributed by atoms with Gasteiger partial charge in [0, 0.05) is 18.8 Å². The van der Waals surface area contributed by atoms with E-state index in [1.165, 1.54) is 24.5 Å². The average molecular weight is 344 g/mol. The third kappa shape index (κ3) is 3.17. The van der Waals surface area contributed by atoms with Gasteiger partial charge in [-0.1, -0.05) is 13.0 Å². The van der Waals surface area contributed by atoms with Gasteiger partial charge in [0.2, 0.25) is 5.91 Å². The van der Waals surface area contributed by atoms with Gasteiger partial charge in [-0.2, -0.15) is 13.2 Å². The molecule has 0 bridgehead atoms. The van der Waals surface area contributed by atoms with Gasteiger partial charge < -0.3 is 5.32 Å². The molecule has 0 saturated carbocycles. The number of nitrogens with one attached hydrogen (secondary N) is 2. The number of urea groups is 1. The second kappa shape index (κ2) is 6.46. The van der Waals surface area contributed by atoms with Crippen LogP contribution in [0.5, 0.6) is 0 Å². The number of carbonyl (C=O) groups is 3. The molecule has 1 aromatic rings. The number of halogens is 3. The lowest BCUT2D eigenvalue weighted by Crippen LogP contribution is -2.69. The molecule has 10 heteroatoms. The minimum atomic E-state index is -5.19. The Morgan fingerprint density at radius 2 is 2.12 bits per heavy atom. The molecule has 1 aliphatic heterocycles. The van der Waals surface area contributed by atoms with E-state index >= 15 is 0 Å². The first-order valence-electron chi connectivity index (χ1n) is 7.12. The summed E-state index contributed by atoms with van der Waals surface area (Å²) in [7, 11) is 0. The zero-order valence-electron chi connectivity index (χ0n) is 12.7. The van der Waals surface area contributed by atoms with Gasteiger partial charge >= 0.3 is 12.2 Å². The van der Waals surface area contributed by atoms with Crippen LogP contribution in [0, 0.1) is 0 Å². The maximum absolute atomic E-state index is 13.5. The molecule has 1 saturated heterocycles. The second-order valence-corrected chi connectivity index (χ2v) is 5.23. The van der Waals surface area contributed by atoms with Crippen LogP contribution in [0.3, 0.4) is 0 Å². The number of pyridine rings is 1. The molecule has 2 heterocycles. The van der Waals surface area contributed by atoms with Gasteiger partial charge in [0.1, 0.15) is 0 Å². The molecule has 0 aromatic carbocycles. The molecule has 2 rings (SSSR count). The van der Waals surface area contributed by atoms with Gasteiger partial charge in [0.05, 0.1) is 6.54 Å².